The standard InChI is InChI=1S/C46H82NO8P/c1-6-8-10-12-14-16-18-19-20-21-22-23-24-25-26-27-29-31-33-35-37-39-46(49)55-44(43-54-56(50,51)53-41-40-47(3,4)5)42-52-45(48)38-36-34-32-30-28-17-15-13-11-9-7-2/h8,10,13-16,19-20,22-23,44H,6-7,9,11-12,17-18,21,24-43H2,1-5H3/b10-8-,15-13-,16-14-,20-19-,23-22-. The fraction of sp³-hybridized carbons (Fsp3) is 0.739. The van der Waals surface area contributed by atoms with Gasteiger partial charge in [-0.05, 0) is 70.6 Å². The Kier molecular flexibility index (Phi) is 36.7. The molecule has 0 radical (unpaired) electrons. The highest BCUT2D eigenvalue weighted by Crippen LogP contribution is 2.38. The minimum absolute atomic E-state index is 0.0363. The largest absolute Gasteiger partial charge is 0.756 e. The van der Waals surface area contributed by atoms with E-state index in [1.807, 2.05) is 21.1 Å². The number of unbranched alkanes of at least 4 members (excludes halogenated alkanes) is 15. The van der Waals surface area contributed by atoms with Gasteiger partial charge in [0, 0.05) is 12.8 Å². The molecule has 56 heavy (non-hydrogen) atoms. The summed E-state index contributed by atoms with van der Waals surface area (Å²) in [4.78, 5) is 37.5. The molecule has 0 aromatic carbocycles. The van der Waals surface area contributed by atoms with Crippen molar-refractivity contribution in [3.63, 3.8) is 0 Å². The van der Waals surface area contributed by atoms with Crippen LogP contribution in [0.1, 0.15) is 168 Å². The number of ether oxygens (including phenoxy) is 2. The zero-order valence-electron chi connectivity index (χ0n) is 36.3. The summed E-state index contributed by atoms with van der Waals surface area (Å²) in [5.41, 5.74) is 0. The van der Waals surface area contributed by atoms with Gasteiger partial charge in [0.25, 0.3) is 7.82 Å². The molecule has 0 spiro atoms. The first kappa shape index (κ1) is 53.7. The number of carbonyl (C=O) groups is 2. The summed E-state index contributed by atoms with van der Waals surface area (Å²) in [6, 6.07) is 0. The van der Waals surface area contributed by atoms with Gasteiger partial charge in [-0.15, -0.1) is 0 Å². The van der Waals surface area contributed by atoms with Crippen molar-refractivity contribution in [2.45, 2.75) is 174 Å². The van der Waals surface area contributed by atoms with Gasteiger partial charge < -0.3 is 27.9 Å². The second kappa shape index (κ2) is 38.2. The number of hydrogen-bond acceptors (Lipinski definition) is 8. The highest BCUT2D eigenvalue weighted by molar-refractivity contribution is 7.45. The molecule has 2 atom stereocenters. The number of hydrogen-bond donors (Lipinski definition) is 0. The molecule has 0 rings (SSSR count). The Balaban J connectivity index is 4.33. The molecule has 0 amide bonds. The van der Waals surface area contributed by atoms with Crippen molar-refractivity contribution in [3.05, 3.63) is 60.8 Å². The van der Waals surface area contributed by atoms with Crippen LogP contribution < -0.4 is 4.89 Å². The average Bonchev–Trinajstić information content (AvgIpc) is 3.15. The van der Waals surface area contributed by atoms with Crippen LogP contribution in [-0.4, -0.2) is 70.0 Å². The van der Waals surface area contributed by atoms with Crippen molar-refractivity contribution in [1.82, 2.24) is 0 Å². The van der Waals surface area contributed by atoms with Crippen LogP contribution in [0.25, 0.3) is 0 Å². The van der Waals surface area contributed by atoms with Gasteiger partial charge in [-0.25, -0.2) is 0 Å². The number of quaternary nitrogens is 1. The number of rotatable bonds is 39. The van der Waals surface area contributed by atoms with Crippen molar-refractivity contribution in [2.75, 3.05) is 47.5 Å². The first-order chi connectivity index (χ1) is 27.0. The van der Waals surface area contributed by atoms with Gasteiger partial charge >= 0.3 is 11.9 Å². The van der Waals surface area contributed by atoms with Crippen LogP contribution in [-0.2, 0) is 32.7 Å². The number of phosphoric acid groups is 1. The van der Waals surface area contributed by atoms with E-state index in [2.05, 4.69) is 74.6 Å². The molecule has 0 aliphatic rings. The molecule has 10 heteroatoms. The first-order valence-corrected chi connectivity index (χ1v) is 23.5. The maximum absolute atomic E-state index is 12.7. The van der Waals surface area contributed by atoms with E-state index in [1.165, 1.54) is 38.5 Å². The van der Waals surface area contributed by atoms with E-state index in [0.29, 0.717) is 23.9 Å². The number of likely N-dealkylation sites (N-methyl/N-ethyl adjacent to an activating group) is 1. The molecular weight excluding hydrogens is 725 g/mol. The lowest BCUT2D eigenvalue weighted by molar-refractivity contribution is -0.870. The Hall–Kier alpha value is -2.29. The number of allylic oxidation sites excluding steroid dienone is 10. The third kappa shape index (κ3) is 41.3. The molecular formula is C46H82NO8P. The van der Waals surface area contributed by atoms with Gasteiger partial charge in [0.15, 0.2) is 6.10 Å². The van der Waals surface area contributed by atoms with Gasteiger partial charge in [-0.3, -0.25) is 14.2 Å². The molecule has 0 fully saturated rings. The maximum atomic E-state index is 12.7. The SMILES string of the molecule is CC/C=C\C/C=C\C/C=C\C/C=C\CCCCCCCCCCC(=O)OC(COC(=O)CCCCCCC/C=C\CCCC)COP(=O)([O-])OCC[N+](C)(C)C. The monoisotopic (exact) mass is 808 g/mol. The van der Waals surface area contributed by atoms with E-state index in [4.69, 9.17) is 18.5 Å². The van der Waals surface area contributed by atoms with Crippen molar-refractivity contribution in [1.29, 1.82) is 0 Å². The quantitative estimate of drug-likeness (QED) is 0.0198. The highest BCUT2D eigenvalue weighted by atomic mass is 31.2. The Morgan fingerprint density at radius 1 is 0.571 bits per heavy atom. The molecule has 324 valence electrons. The van der Waals surface area contributed by atoms with Crippen molar-refractivity contribution >= 4 is 19.8 Å². The second-order valence-electron chi connectivity index (χ2n) is 15.7. The zero-order chi connectivity index (χ0) is 41.4. The normalized spacial score (nSPS) is 14.2. The van der Waals surface area contributed by atoms with Crippen molar-refractivity contribution in [2.24, 2.45) is 0 Å². The predicted molar refractivity (Wildman–Crippen MR) is 231 cm³/mol. The van der Waals surface area contributed by atoms with Gasteiger partial charge in [0.05, 0.1) is 27.7 Å². The van der Waals surface area contributed by atoms with Crippen LogP contribution in [0.2, 0.25) is 0 Å². The third-order valence-electron chi connectivity index (χ3n) is 9.02. The predicted octanol–water partition coefficient (Wildman–Crippen LogP) is 11.8. The molecule has 9 nitrogen and oxygen atoms in total. The minimum atomic E-state index is -4.63. The van der Waals surface area contributed by atoms with E-state index in [1.54, 1.807) is 0 Å². The van der Waals surface area contributed by atoms with E-state index in [9.17, 15) is 19.0 Å². The summed E-state index contributed by atoms with van der Waals surface area (Å²) >= 11 is 0. The van der Waals surface area contributed by atoms with Crippen LogP contribution in [0.5, 0.6) is 0 Å². The molecule has 0 heterocycles. The summed E-state index contributed by atoms with van der Waals surface area (Å²) in [5, 5.41) is 0. The fourth-order valence-electron chi connectivity index (χ4n) is 5.57. The van der Waals surface area contributed by atoms with Crippen LogP contribution in [0.15, 0.2) is 60.8 Å². The van der Waals surface area contributed by atoms with E-state index >= 15 is 0 Å². The van der Waals surface area contributed by atoms with Gasteiger partial charge in [-0.1, -0.05) is 145 Å². The second-order valence-corrected chi connectivity index (χ2v) is 17.1. The lowest BCUT2D eigenvalue weighted by atomic mass is 10.1. The van der Waals surface area contributed by atoms with E-state index in [0.717, 1.165) is 89.9 Å². The molecule has 0 aliphatic heterocycles. The van der Waals surface area contributed by atoms with Gasteiger partial charge in [-0.2, -0.15) is 0 Å². The lowest BCUT2D eigenvalue weighted by Gasteiger charge is -2.28. The van der Waals surface area contributed by atoms with Crippen LogP contribution >= 0.6 is 7.82 Å². The molecule has 0 saturated carbocycles. The molecule has 2 unspecified atom stereocenters. The summed E-state index contributed by atoms with van der Waals surface area (Å²) in [7, 11) is 1.15. The van der Waals surface area contributed by atoms with Gasteiger partial charge in [0.1, 0.15) is 19.8 Å². The smallest absolute Gasteiger partial charge is 0.306 e. The topological polar surface area (TPSA) is 111 Å². The molecule has 0 aliphatic carbocycles. The first-order valence-electron chi connectivity index (χ1n) is 22.0. The van der Waals surface area contributed by atoms with Crippen molar-refractivity contribution < 1.29 is 42.1 Å². The fourth-order valence-corrected chi connectivity index (χ4v) is 6.30. The number of phosphoric ester groups is 1. The number of carbonyl (C=O) groups excluding carboxylic acids is 2. The van der Waals surface area contributed by atoms with E-state index in [-0.39, 0.29) is 26.1 Å². The number of nitrogens with zero attached hydrogens (tertiary/aromatic N) is 1. The number of esters is 2. The van der Waals surface area contributed by atoms with Crippen molar-refractivity contribution in [3.8, 4) is 0 Å². The lowest BCUT2D eigenvalue weighted by Crippen LogP contribution is -2.37. The molecule has 0 aromatic rings. The van der Waals surface area contributed by atoms with Gasteiger partial charge in [0.2, 0.25) is 0 Å². The van der Waals surface area contributed by atoms with Crippen LogP contribution in [0, 0.1) is 0 Å². The van der Waals surface area contributed by atoms with E-state index < -0.39 is 32.5 Å². The summed E-state index contributed by atoms with van der Waals surface area (Å²) in [6.07, 6.45) is 45.3. The minimum Gasteiger partial charge on any atom is -0.756 e. The highest BCUT2D eigenvalue weighted by Gasteiger charge is 2.21. The Morgan fingerprint density at radius 2 is 1.02 bits per heavy atom. The summed E-state index contributed by atoms with van der Waals surface area (Å²) < 4.78 is 33.8. The molecule has 0 saturated heterocycles. The zero-order valence-corrected chi connectivity index (χ0v) is 37.2. The molecule has 0 aromatic heterocycles. The van der Waals surface area contributed by atoms with Crippen LogP contribution in [0.4, 0.5) is 0 Å². The maximum Gasteiger partial charge on any atom is 0.306 e. The molecule has 0 N–H and O–H groups in total. The Morgan fingerprint density at radius 3 is 1.54 bits per heavy atom. The third-order valence-corrected chi connectivity index (χ3v) is 9.99. The Labute approximate surface area is 343 Å². The Bertz CT molecular complexity index is 1140. The summed E-state index contributed by atoms with van der Waals surface area (Å²) in [6.45, 7) is 4.04. The van der Waals surface area contributed by atoms with Crippen LogP contribution in [0.3, 0.4) is 0 Å². The summed E-state index contributed by atoms with van der Waals surface area (Å²) in [5.74, 6) is -0.860. The molecule has 0 bridgehead atoms. The average molecular weight is 808 g/mol.